The van der Waals surface area contributed by atoms with Gasteiger partial charge < -0.3 is 9.84 Å². The van der Waals surface area contributed by atoms with E-state index in [1.165, 1.54) is 11.1 Å². The Balaban J connectivity index is 1.89. The van der Waals surface area contributed by atoms with Gasteiger partial charge in [-0.1, -0.05) is 24.3 Å². The third kappa shape index (κ3) is 1.64. The molecule has 4 unspecified atom stereocenters. The molecule has 1 aliphatic carbocycles. The number of ether oxygens (including phenoxy) is 1. The summed E-state index contributed by atoms with van der Waals surface area (Å²) in [5.41, 5.74) is 2.45. The molecule has 1 saturated heterocycles. The summed E-state index contributed by atoms with van der Waals surface area (Å²) >= 11 is 0. The van der Waals surface area contributed by atoms with Crippen molar-refractivity contribution in [3.63, 3.8) is 0 Å². The highest BCUT2D eigenvalue weighted by molar-refractivity contribution is 5.74. The van der Waals surface area contributed by atoms with Crippen molar-refractivity contribution in [2.45, 2.75) is 37.6 Å². The molecule has 0 spiro atoms. The van der Waals surface area contributed by atoms with E-state index >= 15 is 0 Å². The Labute approximate surface area is 99.6 Å². The third-order valence-corrected chi connectivity index (χ3v) is 3.66. The Kier molecular flexibility index (Phi) is 2.42. The van der Waals surface area contributed by atoms with Crippen LogP contribution in [0.15, 0.2) is 24.3 Å². The summed E-state index contributed by atoms with van der Waals surface area (Å²) in [7, 11) is 0. The second kappa shape index (κ2) is 3.82. The molecule has 1 aromatic carbocycles. The van der Waals surface area contributed by atoms with Crippen molar-refractivity contribution in [2.75, 3.05) is 0 Å². The molecule has 0 saturated carbocycles. The highest BCUT2D eigenvalue weighted by Gasteiger charge is 2.43. The first-order valence-corrected chi connectivity index (χ1v) is 5.89. The standard InChI is InChI=1S/C13H15NO3/c1-7-11(13(15)16)14-10-6-8-4-2-3-5-9(8)12(10)17-7/h2-5,7,10-12,14H,6H2,1H3,(H,15,16). The number of fused-ring (bicyclic) bond motifs is 3. The lowest BCUT2D eigenvalue weighted by Crippen LogP contribution is -2.56. The number of nitrogens with one attached hydrogen (secondary N) is 1. The molecular formula is C13H15NO3. The predicted octanol–water partition coefficient (Wildman–Crippen LogP) is 1.11. The third-order valence-electron chi connectivity index (χ3n) is 3.66. The topological polar surface area (TPSA) is 58.6 Å². The Hall–Kier alpha value is -1.39. The van der Waals surface area contributed by atoms with Gasteiger partial charge in [-0.05, 0) is 24.5 Å². The minimum atomic E-state index is -0.841. The number of carboxylic acid groups (broad SMARTS) is 1. The van der Waals surface area contributed by atoms with Crippen molar-refractivity contribution in [1.29, 1.82) is 0 Å². The fraction of sp³-hybridized carbons (Fsp3) is 0.462. The Morgan fingerprint density at radius 3 is 3.00 bits per heavy atom. The molecule has 1 fully saturated rings. The van der Waals surface area contributed by atoms with E-state index in [9.17, 15) is 4.79 Å². The molecule has 4 nitrogen and oxygen atoms in total. The van der Waals surface area contributed by atoms with Gasteiger partial charge >= 0.3 is 5.97 Å². The first-order valence-electron chi connectivity index (χ1n) is 5.89. The Morgan fingerprint density at radius 2 is 2.24 bits per heavy atom. The first-order chi connectivity index (χ1) is 8.16. The number of carboxylic acids is 1. The maximum atomic E-state index is 11.1. The summed E-state index contributed by atoms with van der Waals surface area (Å²) in [4.78, 5) is 11.1. The number of carbonyl (C=O) groups is 1. The highest BCUT2D eigenvalue weighted by Crippen LogP contribution is 2.38. The maximum absolute atomic E-state index is 11.1. The van der Waals surface area contributed by atoms with Crippen LogP contribution in [0.2, 0.25) is 0 Å². The monoisotopic (exact) mass is 233 g/mol. The van der Waals surface area contributed by atoms with Crippen molar-refractivity contribution >= 4 is 5.97 Å². The van der Waals surface area contributed by atoms with Crippen molar-refractivity contribution in [3.05, 3.63) is 35.4 Å². The maximum Gasteiger partial charge on any atom is 0.323 e. The van der Waals surface area contributed by atoms with Gasteiger partial charge in [0.15, 0.2) is 0 Å². The van der Waals surface area contributed by atoms with Crippen LogP contribution in [0, 0.1) is 0 Å². The van der Waals surface area contributed by atoms with Crippen LogP contribution in [-0.2, 0) is 16.0 Å². The number of morpholine rings is 1. The minimum Gasteiger partial charge on any atom is -0.480 e. The predicted molar refractivity (Wildman–Crippen MR) is 61.8 cm³/mol. The van der Waals surface area contributed by atoms with Crippen LogP contribution in [0.25, 0.3) is 0 Å². The van der Waals surface area contributed by atoms with Crippen LogP contribution >= 0.6 is 0 Å². The van der Waals surface area contributed by atoms with Gasteiger partial charge in [0.1, 0.15) is 6.04 Å². The molecule has 1 aromatic rings. The van der Waals surface area contributed by atoms with E-state index in [4.69, 9.17) is 9.84 Å². The molecule has 4 atom stereocenters. The molecule has 4 heteroatoms. The van der Waals surface area contributed by atoms with Gasteiger partial charge in [-0.2, -0.15) is 0 Å². The second-order valence-electron chi connectivity index (χ2n) is 4.75. The summed E-state index contributed by atoms with van der Waals surface area (Å²) in [5, 5.41) is 12.3. The Bertz CT molecular complexity index is 460. The summed E-state index contributed by atoms with van der Waals surface area (Å²) in [6.45, 7) is 1.81. The van der Waals surface area contributed by atoms with Gasteiger partial charge in [0.25, 0.3) is 0 Å². The molecule has 90 valence electrons. The fourth-order valence-electron chi connectivity index (χ4n) is 2.82. The zero-order valence-corrected chi connectivity index (χ0v) is 9.59. The van der Waals surface area contributed by atoms with Gasteiger partial charge in [0, 0.05) is 6.04 Å². The molecule has 0 radical (unpaired) electrons. The number of aliphatic carboxylic acids is 1. The van der Waals surface area contributed by atoms with Gasteiger partial charge in [-0.25, -0.2) is 0 Å². The van der Waals surface area contributed by atoms with Gasteiger partial charge in [-0.3, -0.25) is 10.1 Å². The lowest BCUT2D eigenvalue weighted by atomic mass is 10.0. The normalized spacial score (nSPS) is 35.1. The van der Waals surface area contributed by atoms with E-state index in [2.05, 4.69) is 17.4 Å². The largest absolute Gasteiger partial charge is 0.480 e. The first kappa shape index (κ1) is 10.7. The highest BCUT2D eigenvalue weighted by atomic mass is 16.5. The molecule has 0 amide bonds. The van der Waals surface area contributed by atoms with E-state index in [0.29, 0.717) is 0 Å². The van der Waals surface area contributed by atoms with Crippen LogP contribution in [0.3, 0.4) is 0 Å². The van der Waals surface area contributed by atoms with Gasteiger partial charge in [0.2, 0.25) is 0 Å². The Morgan fingerprint density at radius 1 is 1.47 bits per heavy atom. The van der Waals surface area contributed by atoms with Crippen molar-refractivity contribution < 1.29 is 14.6 Å². The van der Waals surface area contributed by atoms with E-state index in [1.807, 2.05) is 19.1 Å². The molecule has 3 rings (SSSR count). The van der Waals surface area contributed by atoms with Crippen molar-refractivity contribution in [2.24, 2.45) is 0 Å². The fourth-order valence-corrected chi connectivity index (χ4v) is 2.82. The number of rotatable bonds is 1. The molecule has 2 aliphatic rings. The van der Waals surface area contributed by atoms with Crippen LogP contribution < -0.4 is 5.32 Å². The van der Waals surface area contributed by atoms with Gasteiger partial charge in [0.05, 0.1) is 12.2 Å². The van der Waals surface area contributed by atoms with E-state index in [0.717, 1.165) is 6.42 Å². The van der Waals surface area contributed by atoms with Gasteiger partial charge in [-0.15, -0.1) is 0 Å². The van der Waals surface area contributed by atoms with Crippen LogP contribution in [0.5, 0.6) is 0 Å². The molecule has 17 heavy (non-hydrogen) atoms. The smallest absolute Gasteiger partial charge is 0.323 e. The summed E-state index contributed by atoms with van der Waals surface area (Å²) in [6.07, 6.45) is 0.536. The van der Waals surface area contributed by atoms with Crippen LogP contribution in [0.1, 0.15) is 24.2 Å². The zero-order valence-electron chi connectivity index (χ0n) is 9.59. The van der Waals surface area contributed by atoms with E-state index in [1.54, 1.807) is 0 Å². The van der Waals surface area contributed by atoms with Crippen molar-refractivity contribution in [1.82, 2.24) is 5.32 Å². The summed E-state index contributed by atoms with van der Waals surface area (Å²) in [6, 6.07) is 7.64. The number of hydrogen-bond acceptors (Lipinski definition) is 3. The summed E-state index contributed by atoms with van der Waals surface area (Å²) in [5.74, 6) is -0.841. The number of hydrogen-bond donors (Lipinski definition) is 2. The zero-order chi connectivity index (χ0) is 12.0. The van der Waals surface area contributed by atoms with Crippen LogP contribution in [-0.4, -0.2) is 29.3 Å². The lowest BCUT2D eigenvalue weighted by molar-refractivity contribution is -0.152. The average Bonchev–Trinajstić information content (AvgIpc) is 2.65. The second-order valence-corrected chi connectivity index (χ2v) is 4.75. The van der Waals surface area contributed by atoms with E-state index < -0.39 is 12.0 Å². The summed E-state index contributed by atoms with van der Waals surface area (Å²) < 4.78 is 5.87. The molecule has 0 bridgehead atoms. The molecular weight excluding hydrogens is 218 g/mol. The molecule has 0 aromatic heterocycles. The van der Waals surface area contributed by atoms with Crippen LogP contribution in [0.4, 0.5) is 0 Å². The van der Waals surface area contributed by atoms with Crippen molar-refractivity contribution in [3.8, 4) is 0 Å². The minimum absolute atomic E-state index is 0.00296. The number of benzene rings is 1. The average molecular weight is 233 g/mol. The quantitative estimate of drug-likeness (QED) is 0.763. The van der Waals surface area contributed by atoms with E-state index in [-0.39, 0.29) is 18.2 Å². The molecule has 1 heterocycles. The molecule has 1 aliphatic heterocycles. The lowest BCUT2D eigenvalue weighted by Gasteiger charge is -2.36. The SMILES string of the molecule is CC1OC2c3ccccc3CC2NC1C(=O)O. The molecule has 2 N–H and O–H groups in total.